The van der Waals surface area contributed by atoms with Crippen LogP contribution in [-0.4, -0.2) is 52.1 Å². The molecule has 1 aromatic carbocycles. The smallest absolute Gasteiger partial charge is 0.347 e. The number of hydrogen-bond donors (Lipinski definition) is 2. The fourth-order valence-electron chi connectivity index (χ4n) is 3.41. The minimum absolute atomic E-state index is 0.0681. The predicted molar refractivity (Wildman–Crippen MR) is 113 cm³/mol. The van der Waals surface area contributed by atoms with Gasteiger partial charge in [-0.25, -0.2) is 13.2 Å². The lowest BCUT2D eigenvalue weighted by molar-refractivity contribution is -0.148. The first-order valence-corrected chi connectivity index (χ1v) is 11.7. The SMILES string of the molecule is CCOc1cc(C(CC(C)C[C@H](NC(C)=O)C(=O)ON)CS(C)(=O)=O)ccc1OC. The van der Waals surface area contributed by atoms with Gasteiger partial charge in [0.2, 0.25) is 5.91 Å². The number of methoxy groups -OCH3 is 1. The predicted octanol–water partition coefficient (Wildman–Crippen LogP) is 1.56. The molecule has 0 aromatic heterocycles. The highest BCUT2D eigenvalue weighted by atomic mass is 32.2. The van der Waals surface area contributed by atoms with E-state index in [1.807, 2.05) is 19.9 Å². The first kappa shape index (κ1) is 25.7. The summed E-state index contributed by atoms with van der Waals surface area (Å²) in [5.74, 6) is 4.39. The second-order valence-corrected chi connectivity index (χ2v) is 9.58. The normalized spacial score (nSPS) is 14.3. The third kappa shape index (κ3) is 8.58. The zero-order chi connectivity index (χ0) is 22.9. The Labute approximate surface area is 178 Å². The van der Waals surface area contributed by atoms with Crippen molar-refractivity contribution in [2.24, 2.45) is 11.8 Å². The maximum Gasteiger partial charge on any atom is 0.347 e. The second kappa shape index (κ2) is 11.8. The molecule has 3 N–H and O–H groups in total. The van der Waals surface area contributed by atoms with Crippen molar-refractivity contribution in [2.45, 2.75) is 45.6 Å². The van der Waals surface area contributed by atoms with Crippen molar-refractivity contribution in [1.82, 2.24) is 5.32 Å². The van der Waals surface area contributed by atoms with E-state index in [0.29, 0.717) is 24.5 Å². The number of carbonyl (C=O) groups excluding carboxylic acids is 2. The van der Waals surface area contributed by atoms with Crippen LogP contribution in [-0.2, 0) is 24.3 Å². The summed E-state index contributed by atoms with van der Waals surface area (Å²) in [5.41, 5.74) is 0.786. The lowest BCUT2D eigenvalue weighted by Gasteiger charge is -2.24. The van der Waals surface area contributed by atoms with Gasteiger partial charge in [0.1, 0.15) is 15.9 Å². The molecule has 1 rings (SSSR count). The molecule has 30 heavy (non-hydrogen) atoms. The summed E-state index contributed by atoms with van der Waals surface area (Å²) in [6.07, 6.45) is 1.90. The summed E-state index contributed by atoms with van der Waals surface area (Å²) in [5, 5.41) is 2.52. The molecule has 1 aromatic rings. The maximum absolute atomic E-state index is 12.0. The fraction of sp³-hybridized carbons (Fsp3) is 0.600. The van der Waals surface area contributed by atoms with Crippen LogP contribution in [0.25, 0.3) is 0 Å². The molecule has 170 valence electrons. The van der Waals surface area contributed by atoms with Crippen molar-refractivity contribution in [2.75, 3.05) is 25.7 Å². The molecule has 10 heteroatoms. The summed E-state index contributed by atoms with van der Waals surface area (Å²) >= 11 is 0. The number of rotatable bonds is 12. The second-order valence-electron chi connectivity index (χ2n) is 7.40. The number of nitrogens with one attached hydrogen (secondary N) is 1. The quantitative estimate of drug-likeness (QED) is 0.464. The van der Waals surface area contributed by atoms with Crippen LogP contribution in [0.5, 0.6) is 11.5 Å². The van der Waals surface area contributed by atoms with Gasteiger partial charge in [-0.1, -0.05) is 13.0 Å². The van der Waals surface area contributed by atoms with Gasteiger partial charge in [0.15, 0.2) is 11.5 Å². The number of carbonyl (C=O) groups is 2. The van der Waals surface area contributed by atoms with E-state index in [9.17, 15) is 18.0 Å². The Balaban J connectivity index is 3.12. The van der Waals surface area contributed by atoms with Gasteiger partial charge >= 0.3 is 5.97 Å². The third-order valence-corrected chi connectivity index (χ3v) is 5.57. The largest absolute Gasteiger partial charge is 0.493 e. The number of amides is 1. The molecule has 9 nitrogen and oxygen atoms in total. The van der Waals surface area contributed by atoms with Crippen LogP contribution >= 0.6 is 0 Å². The Kier molecular flexibility index (Phi) is 10.1. The van der Waals surface area contributed by atoms with Crippen molar-refractivity contribution in [3.05, 3.63) is 23.8 Å². The molecule has 0 aliphatic rings. The minimum Gasteiger partial charge on any atom is -0.493 e. The molecular weight excluding hydrogens is 412 g/mol. The Bertz CT molecular complexity index is 826. The topological polar surface area (TPSA) is 134 Å². The molecule has 3 atom stereocenters. The molecule has 0 saturated carbocycles. The first-order chi connectivity index (χ1) is 14.0. The zero-order valence-corrected chi connectivity index (χ0v) is 19.0. The van der Waals surface area contributed by atoms with E-state index in [-0.39, 0.29) is 29.9 Å². The number of nitrogens with two attached hydrogens (primary N) is 1. The molecule has 0 fully saturated rings. The Hall–Kier alpha value is -2.33. The van der Waals surface area contributed by atoms with E-state index in [0.717, 1.165) is 5.56 Å². The van der Waals surface area contributed by atoms with Gasteiger partial charge in [-0.05, 0) is 49.3 Å². The Morgan fingerprint density at radius 3 is 2.37 bits per heavy atom. The van der Waals surface area contributed by atoms with Crippen molar-refractivity contribution in [3.8, 4) is 11.5 Å². The Morgan fingerprint density at radius 1 is 1.20 bits per heavy atom. The number of sulfone groups is 1. The lowest BCUT2D eigenvalue weighted by atomic mass is 9.87. The summed E-state index contributed by atoms with van der Waals surface area (Å²) < 4.78 is 35.0. The number of hydrogen-bond acceptors (Lipinski definition) is 8. The van der Waals surface area contributed by atoms with Crippen LogP contribution in [0, 0.1) is 5.92 Å². The molecule has 0 bridgehead atoms. The van der Waals surface area contributed by atoms with Crippen LogP contribution in [0.15, 0.2) is 18.2 Å². The molecule has 2 unspecified atom stereocenters. The average molecular weight is 445 g/mol. The molecule has 0 aliphatic carbocycles. The number of ether oxygens (including phenoxy) is 2. The van der Waals surface area contributed by atoms with Crippen molar-refractivity contribution >= 4 is 21.7 Å². The van der Waals surface area contributed by atoms with Crippen LogP contribution in [0.1, 0.15) is 45.1 Å². The van der Waals surface area contributed by atoms with Gasteiger partial charge in [-0.2, -0.15) is 5.90 Å². The lowest BCUT2D eigenvalue weighted by Crippen LogP contribution is -2.42. The fourth-order valence-corrected chi connectivity index (χ4v) is 4.47. The van der Waals surface area contributed by atoms with Gasteiger partial charge < -0.3 is 19.6 Å². The summed E-state index contributed by atoms with van der Waals surface area (Å²) in [6, 6.07) is 4.43. The van der Waals surface area contributed by atoms with Crippen LogP contribution in [0.3, 0.4) is 0 Å². The third-order valence-electron chi connectivity index (χ3n) is 4.57. The van der Waals surface area contributed by atoms with E-state index in [2.05, 4.69) is 10.2 Å². The molecule has 0 radical (unpaired) electrons. The molecule has 1 amide bonds. The summed E-state index contributed by atoms with van der Waals surface area (Å²) in [7, 11) is -1.75. The number of benzene rings is 1. The van der Waals surface area contributed by atoms with E-state index in [1.54, 1.807) is 12.1 Å². The molecule has 0 spiro atoms. The van der Waals surface area contributed by atoms with E-state index in [1.165, 1.54) is 20.3 Å². The van der Waals surface area contributed by atoms with Crippen molar-refractivity contribution < 1.29 is 32.3 Å². The van der Waals surface area contributed by atoms with Gasteiger partial charge in [0.05, 0.1) is 19.5 Å². The first-order valence-electron chi connectivity index (χ1n) is 9.66. The van der Waals surface area contributed by atoms with E-state index >= 15 is 0 Å². The van der Waals surface area contributed by atoms with Crippen molar-refractivity contribution in [1.29, 1.82) is 0 Å². The monoisotopic (exact) mass is 444 g/mol. The Morgan fingerprint density at radius 2 is 1.87 bits per heavy atom. The highest BCUT2D eigenvalue weighted by molar-refractivity contribution is 7.90. The molecule has 0 saturated heterocycles. The summed E-state index contributed by atoms with van der Waals surface area (Å²) in [6.45, 7) is 5.45. The standard InChI is InChI=1S/C20H32N2O7S/c1-6-28-19-11-15(7-8-18(19)27-4)16(12-30(5,25)26)9-13(2)10-17(20(24)29-21)22-14(3)23/h7-8,11,13,16-17H,6,9-10,12,21H2,1-5H3,(H,22,23)/t13?,16?,17-/m0/s1. The highest BCUT2D eigenvalue weighted by Crippen LogP contribution is 2.34. The van der Waals surface area contributed by atoms with E-state index in [4.69, 9.17) is 15.4 Å². The van der Waals surface area contributed by atoms with Gasteiger partial charge in [0.25, 0.3) is 0 Å². The van der Waals surface area contributed by atoms with Gasteiger partial charge in [-0.3, -0.25) is 4.79 Å². The highest BCUT2D eigenvalue weighted by Gasteiger charge is 2.27. The van der Waals surface area contributed by atoms with Crippen LogP contribution in [0.2, 0.25) is 0 Å². The average Bonchev–Trinajstić information content (AvgIpc) is 2.65. The van der Waals surface area contributed by atoms with Gasteiger partial charge in [-0.15, -0.1) is 0 Å². The minimum atomic E-state index is -3.28. The maximum atomic E-state index is 12.0. The molecule has 0 heterocycles. The van der Waals surface area contributed by atoms with Gasteiger partial charge in [0, 0.05) is 13.2 Å². The summed E-state index contributed by atoms with van der Waals surface area (Å²) in [4.78, 5) is 27.5. The van der Waals surface area contributed by atoms with Crippen molar-refractivity contribution in [3.63, 3.8) is 0 Å². The van der Waals surface area contributed by atoms with E-state index < -0.39 is 21.8 Å². The molecule has 0 aliphatic heterocycles. The molecular formula is C20H32N2O7S. The zero-order valence-electron chi connectivity index (χ0n) is 18.1. The van der Waals surface area contributed by atoms with Crippen LogP contribution < -0.4 is 20.7 Å². The van der Waals surface area contributed by atoms with Crippen LogP contribution in [0.4, 0.5) is 0 Å².